The highest BCUT2D eigenvalue weighted by molar-refractivity contribution is 5.91. The lowest BCUT2D eigenvalue weighted by Crippen LogP contribution is -2.29. The molecule has 0 spiro atoms. The SMILES string of the molecule is Cc1cc(C)cc(NC(=O)CCNc2ccc(N3CCCCC3)cc2)c1. The Morgan fingerprint density at radius 2 is 1.58 bits per heavy atom. The van der Waals surface area contributed by atoms with Gasteiger partial charge in [0.25, 0.3) is 0 Å². The first-order chi connectivity index (χ1) is 12.6. The van der Waals surface area contributed by atoms with E-state index in [0.29, 0.717) is 13.0 Å². The van der Waals surface area contributed by atoms with Crippen LogP contribution >= 0.6 is 0 Å². The minimum absolute atomic E-state index is 0.0347. The van der Waals surface area contributed by atoms with Crippen molar-refractivity contribution in [3.63, 3.8) is 0 Å². The second-order valence-corrected chi connectivity index (χ2v) is 7.20. The van der Waals surface area contributed by atoms with Gasteiger partial charge in [0.1, 0.15) is 0 Å². The Labute approximate surface area is 156 Å². The summed E-state index contributed by atoms with van der Waals surface area (Å²) in [5.41, 5.74) is 5.55. The van der Waals surface area contributed by atoms with E-state index in [-0.39, 0.29) is 5.91 Å². The van der Waals surface area contributed by atoms with Gasteiger partial charge in [0, 0.05) is 43.1 Å². The van der Waals surface area contributed by atoms with Gasteiger partial charge < -0.3 is 15.5 Å². The average Bonchev–Trinajstić information content (AvgIpc) is 2.62. The van der Waals surface area contributed by atoms with Crippen LogP contribution in [0.5, 0.6) is 0 Å². The molecule has 1 heterocycles. The van der Waals surface area contributed by atoms with Crippen LogP contribution in [0.4, 0.5) is 17.1 Å². The van der Waals surface area contributed by atoms with E-state index >= 15 is 0 Å². The van der Waals surface area contributed by atoms with Crippen molar-refractivity contribution in [1.82, 2.24) is 0 Å². The zero-order valence-electron chi connectivity index (χ0n) is 15.8. The summed E-state index contributed by atoms with van der Waals surface area (Å²) in [6, 6.07) is 14.6. The van der Waals surface area contributed by atoms with Crippen molar-refractivity contribution in [2.24, 2.45) is 0 Å². The summed E-state index contributed by atoms with van der Waals surface area (Å²) in [4.78, 5) is 14.6. The fraction of sp³-hybridized carbons (Fsp3) is 0.409. The molecule has 2 aromatic carbocycles. The summed E-state index contributed by atoms with van der Waals surface area (Å²) in [6.07, 6.45) is 4.37. The topological polar surface area (TPSA) is 44.4 Å². The predicted octanol–water partition coefficient (Wildman–Crippen LogP) is 4.73. The van der Waals surface area contributed by atoms with Crippen LogP contribution in [0.2, 0.25) is 0 Å². The van der Waals surface area contributed by atoms with Crippen molar-refractivity contribution in [3.05, 3.63) is 53.6 Å². The monoisotopic (exact) mass is 351 g/mol. The average molecular weight is 351 g/mol. The second-order valence-electron chi connectivity index (χ2n) is 7.20. The number of carbonyl (C=O) groups excluding carboxylic acids is 1. The molecule has 0 unspecified atom stereocenters. The van der Waals surface area contributed by atoms with Crippen LogP contribution in [-0.4, -0.2) is 25.5 Å². The Morgan fingerprint density at radius 1 is 0.923 bits per heavy atom. The number of nitrogens with one attached hydrogen (secondary N) is 2. The summed E-state index contributed by atoms with van der Waals surface area (Å²) in [5.74, 6) is 0.0347. The van der Waals surface area contributed by atoms with E-state index < -0.39 is 0 Å². The van der Waals surface area contributed by atoms with Crippen molar-refractivity contribution in [3.8, 4) is 0 Å². The molecule has 0 aliphatic carbocycles. The maximum atomic E-state index is 12.1. The largest absolute Gasteiger partial charge is 0.385 e. The molecule has 1 aliphatic heterocycles. The zero-order valence-corrected chi connectivity index (χ0v) is 15.8. The number of benzene rings is 2. The highest BCUT2D eigenvalue weighted by atomic mass is 16.1. The van der Waals surface area contributed by atoms with Gasteiger partial charge in [-0.3, -0.25) is 4.79 Å². The summed E-state index contributed by atoms with van der Waals surface area (Å²) >= 11 is 0. The van der Waals surface area contributed by atoms with Gasteiger partial charge in [0.05, 0.1) is 0 Å². The van der Waals surface area contributed by atoms with Crippen LogP contribution in [-0.2, 0) is 4.79 Å². The van der Waals surface area contributed by atoms with Crippen LogP contribution in [0.25, 0.3) is 0 Å². The number of hydrogen-bond acceptors (Lipinski definition) is 3. The third-order valence-electron chi connectivity index (χ3n) is 4.78. The summed E-state index contributed by atoms with van der Waals surface area (Å²) in [6.45, 7) is 7.02. The molecule has 1 saturated heterocycles. The first-order valence-electron chi connectivity index (χ1n) is 9.57. The number of carbonyl (C=O) groups is 1. The Morgan fingerprint density at radius 3 is 2.23 bits per heavy atom. The minimum Gasteiger partial charge on any atom is -0.385 e. The van der Waals surface area contributed by atoms with Crippen molar-refractivity contribution in [2.45, 2.75) is 39.5 Å². The number of nitrogens with zero attached hydrogens (tertiary/aromatic N) is 1. The smallest absolute Gasteiger partial charge is 0.226 e. The number of anilines is 3. The van der Waals surface area contributed by atoms with Gasteiger partial charge in [0.15, 0.2) is 0 Å². The van der Waals surface area contributed by atoms with Crippen LogP contribution in [0.15, 0.2) is 42.5 Å². The molecule has 0 saturated carbocycles. The van der Waals surface area contributed by atoms with Gasteiger partial charge in [-0.15, -0.1) is 0 Å². The van der Waals surface area contributed by atoms with Crippen LogP contribution in [0.1, 0.15) is 36.8 Å². The summed E-state index contributed by atoms with van der Waals surface area (Å²) in [5, 5.41) is 6.31. The molecular formula is C22H29N3O. The van der Waals surface area contributed by atoms with Crippen molar-refractivity contribution in [2.75, 3.05) is 35.2 Å². The fourth-order valence-corrected chi connectivity index (χ4v) is 3.53. The van der Waals surface area contributed by atoms with E-state index in [2.05, 4.69) is 45.9 Å². The van der Waals surface area contributed by atoms with E-state index in [0.717, 1.165) is 35.6 Å². The molecule has 0 bridgehead atoms. The van der Waals surface area contributed by atoms with E-state index in [9.17, 15) is 4.79 Å². The van der Waals surface area contributed by atoms with Gasteiger partial charge in [-0.05, 0) is 80.6 Å². The standard InChI is InChI=1S/C22H29N3O/c1-17-14-18(2)16-20(15-17)24-22(26)10-11-23-19-6-8-21(9-7-19)25-12-4-3-5-13-25/h6-9,14-16,23H,3-5,10-13H2,1-2H3,(H,24,26). The Hall–Kier alpha value is -2.49. The molecule has 138 valence electrons. The third-order valence-corrected chi connectivity index (χ3v) is 4.78. The molecule has 3 rings (SSSR count). The first kappa shape index (κ1) is 18.3. The van der Waals surface area contributed by atoms with Gasteiger partial charge in [-0.25, -0.2) is 0 Å². The molecule has 1 amide bonds. The molecular weight excluding hydrogens is 322 g/mol. The van der Waals surface area contributed by atoms with Gasteiger partial charge in [0.2, 0.25) is 5.91 Å². The van der Waals surface area contributed by atoms with E-state index in [1.165, 1.54) is 24.9 Å². The van der Waals surface area contributed by atoms with Crippen LogP contribution in [0, 0.1) is 13.8 Å². The highest BCUT2D eigenvalue weighted by Crippen LogP contribution is 2.21. The lowest BCUT2D eigenvalue weighted by molar-refractivity contribution is -0.115. The van der Waals surface area contributed by atoms with E-state index in [1.54, 1.807) is 0 Å². The molecule has 1 aliphatic rings. The number of amides is 1. The van der Waals surface area contributed by atoms with Gasteiger partial charge in [-0.1, -0.05) is 6.07 Å². The number of piperidine rings is 1. The lowest BCUT2D eigenvalue weighted by Gasteiger charge is -2.28. The maximum Gasteiger partial charge on any atom is 0.226 e. The molecule has 0 radical (unpaired) electrons. The van der Waals surface area contributed by atoms with Crippen LogP contribution in [0.3, 0.4) is 0 Å². The molecule has 0 atom stereocenters. The third kappa shape index (κ3) is 5.25. The predicted molar refractivity (Wildman–Crippen MR) is 110 cm³/mol. The molecule has 0 aromatic heterocycles. The van der Waals surface area contributed by atoms with Crippen molar-refractivity contribution < 1.29 is 4.79 Å². The fourth-order valence-electron chi connectivity index (χ4n) is 3.53. The van der Waals surface area contributed by atoms with Crippen molar-refractivity contribution in [1.29, 1.82) is 0 Å². The number of aryl methyl sites for hydroxylation is 2. The Bertz CT molecular complexity index is 713. The number of rotatable bonds is 6. The highest BCUT2D eigenvalue weighted by Gasteiger charge is 2.10. The molecule has 26 heavy (non-hydrogen) atoms. The summed E-state index contributed by atoms with van der Waals surface area (Å²) < 4.78 is 0. The van der Waals surface area contributed by atoms with Gasteiger partial charge >= 0.3 is 0 Å². The Kier molecular flexibility index (Phi) is 6.16. The summed E-state index contributed by atoms with van der Waals surface area (Å²) in [7, 11) is 0. The molecule has 4 nitrogen and oxygen atoms in total. The number of hydrogen-bond donors (Lipinski definition) is 2. The first-order valence-corrected chi connectivity index (χ1v) is 9.57. The molecule has 2 aromatic rings. The van der Waals surface area contributed by atoms with Gasteiger partial charge in [-0.2, -0.15) is 0 Å². The van der Waals surface area contributed by atoms with E-state index in [1.807, 2.05) is 26.0 Å². The minimum atomic E-state index is 0.0347. The zero-order chi connectivity index (χ0) is 18.4. The Balaban J connectivity index is 1.44. The van der Waals surface area contributed by atoms with E-state index in [4.69, 9.17) is 0 Å². The lowest BCUT2D eigenvalue weighted by atomic mass is 10.1. The molecule has 4 heteroatoms. The molecule has 2 N–H and O–H groups in total. The normalized spacial score (nSPS) is 14.2. The van der Waals surface area contributed by atoms with Crippen LogP contribution < -0.4 is 15.5 Å². The quantitative estimate of drug-likeness (QED) is 0.790. The maximum absolute atomic E-state index is 12.1. The molecule has 1 fully saturated rings. The second kappa shape index (κ2) is 8.75. The van der Waals surface area contributed by atoms with Crippen molar-refractivity contribution >= 4 is 23.0 Å².